The Kier molecular flexibility index (Phi) is 7.25. The van der Waals surface area contributed by atoms with Gasteiger partial charge in [-0.05, 0) is 24.6 Å². The molecule has 0 radical (unpaired) electrons. The SMILES string of the molecule is O=C(O)CC1SC(=NN=Cc2cc(Cl)ccc2OCCCn2ccnc2)NC1=O. The van der Waals surface area contributed by atoms with Gasteiger partial charge in [-0.15, -0.1) is 5.10 Å². The number of carboxylic acid groups (broad SMARTS) is 1. The number of aryl methyl sites for hydroxylation is 1. The number of imidazole rings is 1. The third kappa shape index (κ3) is 6.33. The fraction of sp³-hybridized carbons (Fsp3) is 0.278. The van der Waals surface area contributed by atoms with E-state index >= 15 is 0 Å². The van der Waals surface area contributed by atoms with Crippen LogP contribution in [0.1, 0.15) is 18.4 Å². The molecular formula is C18H18ClN5O4S. The number of thioether (sulfide) groups is 1. The molecule has 29 heavy (non-hydrogen) atoms. The summed E-state index contributed by atoms with van der Waals surface area (Å²) in [5, 5.41) is 19.3. The van der Waals surface area contributed by atoms with Crippen LogP contribution in [-0.2, 0) is 16.1 Å². The zero-order chi connectivity index (χ0) is 20.6. The molecule has 0 aliphatic carbocycles. The van der Waals surface area contributed by atoms with E-state index in [1.54, 1.807) is 30.7 Å². The second kappa shape index (κ2) is 10.1. The van der Waals surface area contributed by atoms with Crippen LogP contribution in [0, 0.1) is 0 Å². The first-order chi connectivity index (χ1) is 14.0. The summed E-state index contributed by atoms with van der Waals surface area (Å²) in [6.45, 7) is 1.29. The van der Waals surface area contributed by atoms with Crippen molar-refractivity contribution < 1.29 is 19.4 Å². The molecule has 3 rings (SSSR count). The molecule has 0 spiro atoms. The second-order valence-electron chi connectivity index (χ2n) is 6.03. The maximum Gasteiger partial charge on any atom is 0.305 e. The molecule has 0 bridgehead atoms. The van der Waals surface area contributed by atoms with Crippen LogP contribution in [0.5, 0.6) is 5.75 Å². The first kappa shape index (κ1) is 20.9. The second-order valence-corrected chi connectivity index (χ2v) is 7.66. The highest BCUT2D eigenvalue weighted by atomic mass is 35.5. The van der Waals surface area contributed by atoms with E-state index in [1.165, 1.54) is 6.21 Å². The van der Waals surface area contributed by atoms with Gasteiger partial charge in [-0.2, -0.15) is 5.10 Å². The van der Waals surface area contributed by atoms with Gasteiger partial charge in [0.05, 0.1) is 25.6 Å². The van der Waals surface area contributed by atoms with Crippen LogP contribution in [0.3, 0.4) is 0 Å². The molecule has 1 atom stereocenters. The maximum absolute atomic E-state index is 11.7. The van der Waals surface area contributed by atoms with Crippen molar-refractivity contribution >= 4 is 46.6 Å². The lowest BCUT2D eigenvalue weighted by Crippen LogP contribution is -2.26. The molecule has 1 fully saturated rings. The fourth-order valence-corrected chi connectivity index (χ4v) is 3.58. The molecular weight excluding hydrogens is 418 g/mol. The number of nitrogens with one attached hydrogen (secondary N) is 1. The Bertz CT molecular complexity index is 932. The molecule has 2 N–H and O–H groups in total. The van der Waals surface area contributed by atoms with E-state index in [2.05, 4.69) is 20.5 Å². The molecule has 2 aromatic rings. The summed E-state index contributed by atoms with van der Waals surface area (Å²) in [6, 6.07) is 5.17. The standard InChI is InChI=1S/C18H18ClN5O4S/c19-13-2-3-14(28-7-1-5-24-6-4-20-11-24)12(8-13)10-21-23-18-22-17(27)15(29-18)9-16(25)26/h2-4,6,8,10-11,15H,1,5,7,9H2,(H,25,26)(H,22,23,27). The summed E-state index contributed by atoms with van der Waals surface area (Å²) >= 11 is 7.09. The Balaban J connectivity index is 1.58. The van der Waals surface area contributed by atoms with E-state index < -0.39 is 17.1 Å². The number of aromatic nitrogens is 2. The van der Waals surface area contributed by atoms with E-state index in [0.717, 1.165) is 24.7 Å². The van der Waals surface area contributed by atoms with Gasteiger partial charge in [0.15, 0.2) is 5.17 Å². The number of nitrogens with zero attached hydrogens (tertiary/aromatic N) is 4. The topological polar surface area (TPSA) is 118 Å². The normalized spacial score (nSPS) is 17.8. The highest BCUT2D eigenvalue weighted by Crippen LogP contribution is 2.23. The number of amides is 1. The molecule has 11 heteroatoms. The van der Waals surface area contributed by atoms with Gasteiger partial charge in [0.1, 0.15) is 11.0 Å². The summed E-state index contributed by atoms with van der Waals surface area (Å²) in [4.78, 5) is 26.5. The summed E-state index contributed by atoms with van der Waals surface area (Å²) < 4.78 is 7.79. The number of rotatable bonds is 9. The molecule has 0 saturated carbocycles. The lowest BCUT2D eigenvalue weighted by molar-refractivity contribution is -0.138. The summed E-state index contributed by atoms with van der Waals surface area (Å²) in [6.07, 6.45) is 7.36. The van der Waals surface area contributed by atoms with Gasteiger partial charge in [0.2, 0.25) is 5.91 Å². The van der Waals surface area contributed by atoms with Crippen molar-refractivity contribution in [1.82, 2.24) is 14.9 Å². The maximum atomic E-state index is 11.7. The monoisotopic (exact) mass is 435 g/mol. The molecule has 1 aromatic heterocycles. The minimum absolute atomic E-state index is 0.252. The van der Waals surface area contributed by atoms with Crippen molar-refractivity contribution in [3.05, 3.63) is 47.5 Å². The minimum Gasteiger partial charge on any atom is -0.493 e. The van der Waals surface area contributed by atoms with Crippen LogP contribution in [0.2, 0.25) is 5.02 Å². The summed E-state index contributed by atoms with van der Waals surface area (Å²) in [5.74, 6) is -0.831. The van der Waals surface area contributed by atoms with Crippen molar-refractivity contribution in [1.29, 1.82) is 0 Å². The molecule has 2 heterocycles. The molecule has 1 unspecified atom stereocenters. The van der Waals surface area contributed by atoms with E-state index in [4.69, 9.17) is 21.4 Å². The number of ether oxygens (including phenoxy) is 1. The predicted molar refractivity (Wildman–Crippen MR) is 111 cm³/mol. The number of carbonyl (C=O) groups excluding carboxylic acids is 1. The number of aliphatic carboxylic acids is 1. The summed E-state index contributed by atoms with van der Waals surface area (Å²) in [5.41, 5.74) is 0.640. The fourth-order valence-electron chi connectivity index (χ4n) is 2.49. The lowest BCUT2D eigenvalue weighted by Gasteiger charge is -2.09. The van der Waals surface area contributed by atoms with Crippen molar-refractivity contribution in [2.75, 3.05) is 6.61 Å². The third-order valence-electron chi connectivity index (χ3n) is 3.83. The largest absolute Gasteiger partial charge is 0.493 e. The van der Waals surface area contributed by atoms with Gasteiger partial charge in [-0.3, -0.25) is 9.59 Å². The lowest BCUT2D eigenvalue weighted by atomic mass is 10.2. The Morgan fingerprint density at radius 2 is 2.34 bits per heavy atom. The van der Waals surface area contributed by atoms with E-state index in [1.807, 2.05) is 10.8 Å². The van der Waals surface area contributed by atoms with Gasteiger partial charge in [0.25, 0.3) is 0 Å². The zero-order valence-corrected chi connectivity index (χ0v) is 16.8. The third-order valence-corrected chi connectivity index (χ3v) is 5.14. The molecule has 1 amide bonds. The molecule has 1 aromatic carbocycles. The highest BCUT2D eigenvalue weighted by Gasteiger charge is 2.32. The minimum atomic E-state index is -1.05. The smallest absolute Gasteiger partial charge is 0.305 e. The number of hydrogen-bond donors (Lipinski definition) is 2. The van der Waals surface area contributed by atoms with Crippen molar-refractivity contribution in [2.24, 2.45) is 10.2 Å². The quantitative estimate of drug-likeness (QED) is 0.354. The average Bonchev–Trinajstić information content (AvgIpc) is 3.30. The first-order valence-electron chi connectivity index (χ1n) is 8.69. The van der Waals surface area contributed by atoms with Crippen LogP contribution >= 0.6 is 23.4 Å². The Labute approximate surface area is 175 Å². The Morgan fingerprint density at radius 1 is 1.48 bits per heavy atom. The number of hydrogen-bond acceptors (Lipinski definition) is 7. The van der Waals surface area contributed by atoms with Gasteiger partial charge < -0.3 is 19.7 Å². The van der Waals surface area contributed by atoms with Crippen LogP contribution in [0.4, 0.5) is 0 Å². The zero-order valence-electron chi connectivity index (χ0n) is 15.2. The number of carboxylic acids is 1. The molecule has 152 valence electrons. The average molecular weight is 436 g/mol. The molecule has 1 saturated heterocycles. The number of carbonyl (C=O) groups is 2. The van der Waals surface area contributed by atoms with Crippen LogP contribution in [0.25, 0.3) is 0 Å². The van der Waals surface area contributed by atoms with Crippen LogP contribution in [0.15, 0.2) is 47.1 Å². The van der Waals surface area contributed by atoms with Gasteiger partial charge >= 0.3 is 5.97 Å². The first-order valence-corrected chi connectivity index (χ1v) is 9.95. The molecule has 1 aliphatic rings. The van der Waals surface area contributed by atoms with Gasteiger partial charge in [0, 0.05) is 29.5 Å². The Hall–Kier alpha value is -2.85. The van der Waals surface area contributed by atoms with E-state index in [0.29, 0.717) is 22.9 Å². The molecule has 9 nitrogen and oxygen atoms in total. The number of benzene rings is 1. The van der Waals surface area contributed by atoms with Crippen LogP contribution in [-0.4, -0.2) is 49.8 Å². The Morgan fingerprint density at radius 3 is 3.10 bits per heavy atom. The van der Waals surface area contributed by atoms with Crippen molar-refractivity contribution in [3.63, 3.8) is 0 Å². The molecule has 1 aliphatic heterocycles. The number of amidine groups is 1. The van der Waals surface area contributed by atoms with E-state index in [-0.39, 0.29) is 11.6 Å². The van der Waals surface area contributed by atoms with Gasteiger partial charge in [-0.25, -0.2) is 4.98 Å². The predicted octanol–water partition coefficient (Wildman–Crippen LogP) is 2.40. The van der Waals surface area contributed by atoms with Crippen molar-refractivity contribution in [2.45, 2.75) is 24.6 Å². The summed E-state index contributed by atoms with van der Waals surface area (Å²) in [7, 11) is 0. The van der Waals surface area contributed by atoms with Crippen molar-refractivity contribution in [3.8, 4) is 5.75 Å². The van der Waals surface area contributed by atoms with Crippen LogP contribution < -0.4 is 10.1 Å². The van der Waals surface area contributed by atoms with Gasteiger partial charge in [-0.1, -0.05) is 23.4 Å². The highest BCUT2D eigenvalue weighted by molar-refractivity contribution is 8.15. The number of halogens is 1. The van der Waals surface area contributed by atoms with E-state index in [9.17, 15) is 9.59 Å².